The summed E-state index contributed by atoms with van der Waals surface area (Å²) in [7, 11) is -2.09. The molecule has 0 saturated carbocycles. The Labute approximate surface area is 122 Å². The first-order valence-corrected chi connectivity index (χ1v) is 7.58. The second-order valence-corrected chi connectivity index (χ2v) is 6.10. The molecule has 0 bridgehead atoms. The highest BCUT2D eigenvalue weighted by molar-refractivity contribution is 7.92. The lowest BCUT2D eigenvalue weighted by molar-refractivity contribution is 0.600. The van der Waals surface area contributed by atoms with Crippen LogP contribution in [-0.4, -0.2) is 25.4 Å². The van der Waals surface area contributed by atoms with E-state index in [-0.39, 0.29) is 4.90 Å². The molecule has 0 amide bonds. The first-order chi connectivity index (χ1) is 9.44. The van der Waals surface area contributed by atoms with Crippen molar-refractivity contribution in [2.24, 2.45) is 0 Å². The molecular formula is C12H13ClN4O2S. The van der Waals surface area contributed by atoms with E-state index in [1.807, 2.05) is 0 Å². The van der Waals surface area contributed by atoms with Crippen molar-refractivity contribution in [1.29, 1.82) is 0 Å². The standard InChI is InChI=1S/C12H13ClN4O2S/c1-8-10(13)4-3-5-11(8)17-20(18,19)9-6-15-12(14-2)16-7-9/h3-7,17H,1-2H3,(H,14,15,16). The highest BCUT2D eigenvalue weighted by Gasteiger charge is 2.17. The van der Waals surface area contributed by atoms with Crippen molar-refractivity contribution < 1.29 is 8.42 Å². The van der Waals surface area contributed by atoms with E-state index < -0.39 is 10.0 Å². The first-order valence-electron chi connectivity index (χ1n) is 5.72. The smallest absolute Gasteiger partial charge is 0.264 e. The number of nitrogens with zero attached hydrogens (tertiary/aromatic N) is 2. The van der Waals surface area contributed by atoms with E-state index in [0.29, 0.717) is 22.2 Å². The van der Waals surface area contributed by atoms with Crippen LogP contribution >= 0.6 is 11.6 Å². The van der Waals surface area contributed by atoms with E-state index in [1.165, 1.54) is 12.4 Å². The van der Waals surface area contributed by atoms with E-state index in [0.717, 1.165) is 0 Å². The monoisotopic (exact) mass is 312 g/mol. The molecule has 20 heavy (non-hydrogen) atoms. The molecule has 2 rings (SSSR count). The van der Waals surface area contributed by atoms with Gasteiger partial charge in [-0.25, -0.2) is 18.4 Å². The van der Waals surface area contributed by atoms with Crippen LogP contribution in [0.1, 0.15) is 5.56 Å². The summed E-state index contributed by atoms with van der Waals surface area (Å²) in [5.74, 6) is 0.350. The number of aromatic nitrogens is 2. The number of hydrogen-bond acceptors (Lipinski definition) is 5. The minimum atomic E-state index is -3.74. The molecule has 1 aromatic heterocycles. The lowest BCUT2D eigenvalue weighted by Crippen LogP contribution is -2.14. The van der Waals surface area contributed by atoms with Crippen LogP contribution in [0.4, 0.5) is 11.6 Å². The largest absolute Gasteiger partial charge is 0.357 e. The average Bonchev–Trinajstić information content (AvgIpc) is 2.44. The summed E-state index contributed by atoms with van der Waals surface area (Å²) in [6.45, 7) is 1.74. The Bertz CT molecular complexity index is 717. The molecule has 0 aliphatic rings. The van der Waals surface area contributed by atoms with Crippen molar-refractivity contribution in [3.63, 3.8) is 0 Å². The molecule has 0 atom stereocenters. The van der Waals surface area contributed by atoms with Gasteiger partial charge in [0.05, 0.1) is 18.1 Å². The molecule has 1 aromatic carbocycles. The van der Waals surface area contributed by atoms with E-state index in [9.17, 15) is 8.42 Å². The third kappa shape index (κ3) is 3.00. The van der Waals surface area contributed by atoms with Crippen molar-refractivity contribution >= 4 is 33.3 Å². The number of sulfonamides is 1. The Morgan fingerprint density at radius 2 is 1.85 bits per heavy atom. The Morgan fingerprint density at radius 1 is 1.20 bits per heavy atom. The van der Waals surface area contributed by atoms with Crippen LogP contribution in [0.15, 0.2) is 35.5 Å². The normalized spacial score (nSPS) is 11.2. The number of anilines is 2. The molecule has 0 radical (unpaired) electrons. The molecule has 0 aliphatic carbocycles. The van der Waals surface area contributed by atoms with Gasteiger partial charge in [-0.05, 0) is 24.6 Å². The van der Waals surface area contributed by atoms with Crippen molar-refractivity contribution in [2.45, 2.75) is 11.8 Å². The first kappa shape index (κ1) is 14.5. The van der Waals surface area contributed by atoms with Gasteiger partial charge in [0.1, 0.15) is 4.90 Å². The third-order valence-electron chi connectivity index (χ3n) is 2.67. The summed E-state index contributed by atoms with van der Waals surface area (Å²) in [5.41, 5.74) is 1.08. The lowest BCUT2D eigenvalue weighted by atomic mass is 10.2. The summed E-state index contributed by atoms with van der Waals surface area (Å²) < 4.78 is 26.9. The van der Waals surface area contributed by atoms with Crippen LogP contribution < -0.4 is 10.0 Å². The molecular weight excluding hydrogens is 300 g/mol. The van der Waals surface area contributed by atoms with E-state index in [1.54, 1.807) is 32.2 Å². The van der Waals surface area contributed by atoms with Crippen LogP contribution in [0.3, 0.4) is 0 Å². The molecule has 0 spiro atoms. The van der Waals surface area contributed by atoms with Gasteiger partial charge in [0, 0.05) is 12.1 Å². The summed E-state index contributed by atoms with van der Waals surface area (Å²) in [5, 5.41) is 3.21. The second kappa shape index (κ2) is 5.64. The van der Waals surface area contributed by atoms with E-state index in [2.05, 4.69) is 20.0 Å². The van der Waals surface area contributed by atoms with Crippen LogP contribution in [-0.2, 0) is 10.0 Å². The van der Waals surface area contributed by atoms with Gasteiger partial charge in [0.25, 0.3) is 10.0 Å². The number of hydrogen-bond donors (Lipinski definition) is 2. The van der Waals surface area contributed by atoms with Crippen LogP contribution in [0.25, 0.3) is 0 Å². The maximum atomic E-state index is 12.2. The topological polar surface area (TPSA) is 84.0 Å². The number of benzene rings is 1. The van der Waals surface area contributed by atoms with Gasteiger partial charge in [-0.2, -0.15) is 0 Å². The maximum Gasteiger partial charge on any atom is 0.264 e. The minimum absolute atomic E-state index is 0.0177. The fourth-order valence-corrected chi connectivity index (χ4v) is 2.69. The molecule has 2 N–H and O–H groups in total. The van der Waals surface area contributed by atoms with Gasteiger partial charge < -0.3 is 5.32 Å². The molecule has 6 nitrogen and oxygen atoms in total. The molecule has 0 saturated heterocycles. The number of halogens is 1. The zero-order valence-corrected chi connectivity index (χ0v) is 12.5. The summed E-state index contributed by atoms with van der Waals surface area (Å²) >= 11 is 5.96. The summed E-state index contributed by atoms with van der Waals surface area (Å²) in [6.07, 6.45) is 2.47. The van der Waals surface area contributed by atoms with Gasteiger partial charge in [0.2, 0.25) is 5.95 Å². The molecule has 106 valence electrons. The predicted molar refractivity (Wildman–Crippen MR) is 78.6 cm³/mol. The van der Waals surface area contributed by atoms with E-state index in [4.69, 9.17) is 11.6 Å². The van der Waals surface area contributed by atoms with Gasteiger partial charge in [-0.15, -0.1) is 0 Å². The summed E-state index contributed by atoms with van der Waals surface area (Å²) in [6, 6.07) is 5.01. The molecule has 0 fully saturated rings. The molecule has 0 unspecified atom stereocenters. The number of nitrogens with one attached hydrogen (secondary N) is 2. The van der Waals surface area contributed by atoms with Gasteiger partial charge in [-0.3, -0.25) is 4.72 Å². The van der Waals surface area contributed by atoms with Crippen LogP contribution in [0.2, 0.25) is 5.02 Å². The molecule has 2 aromatic rings. The van der Waals surface area contributed by atoms with Crippen LogP contribution in [0, 0.1) is 6.92 Å². The summed E-state index contributed by atoms with van der Waals surface area (Å²) in [4.78, 5) is 7.74. The zero-order chi connectivity index (χ0) is 14.8. The van der Waals surface area contributed by atoms with Crippen molar-refractivity contribution in [3.05, 3.63) is 41.2 Å². The van der Waals surface area contributed by atoms with E-state index >= 15 is 0 Å². The van der Waals surface area contributed by atoms with Gasteiger partial charge in [0.15, 0.2) is 0 Å². The SMILES string of the molecule is CNc1ncc(S(=O)(=O)Nc2cccc(Cl)c2C)cn1. The quantitative estimate of drug-likeness (QED) is 0.905. The second-order valence-electron chi connectivity index (χ2n) is 4.01. The third-order valence-corrected chi connectivity index (χ3v) is 4.40. The zero-order valence-electron chi connectivity index (χ0n) is 10.9. The van der Waals surface area contributed by atoms with Crippen molar-refractivity contribution in [2.75, 3.05) is 17.1 Å². The minimum Gasteiger partial charge on any atom is -0.357 e. The van der Waals surface area contributed by atoms with Crippen molar-refractivity contribution in [1.82, 2.24) is 9.97 Å². The average molecular weight is 313 g/mol. The Balaban J connectivity index is 2.33. The fourth-order valence-electron chi connectivity index (χ4n) is 1.51. The van der Waals surface area contributed by atoms with Crippen molar-refractivity contribution in [3.8, 4) is 0 Å². The highest BCUT2D eigenvalue weighted by atomic mass is 35.5. The molecule has 8 heteroatoms. The van der Waals surface area contributed by atoms with Crippen LogP contribution in [0.5, 0.6) is 0 Å². The Morgan fingerprint density at radius 3 is 2.45 bits per heavy atom. The Hall–Kier alpha value is -1.86. The maximum absolute atomic E-state index is 12.2. The lowest BCUT2D eigenvalue weighted by Gasteiger charge is -2.11. The molecule has 1 heterocycles. The van der Waals surface area contributed by atoms with Gasteiger partial charge >= 0.3 is 0 Å². The fraction of sp³-hybridized carbons (Fsp3) is 0.167. The predicted octanol–water partition coefficient (Wildman–Crippen LogP) is 2.28. The van der Waals surface area contributed by atoms with Gasteiger partial charge in [-0.1, -0.05) is 17.7 Å². The highest BCUT2D eigenvalue weighted by Crippen LogP contribution is 2.25. The molecule has 0 aliphatic heterocycles. The number of rotatable bonds is 4. The Kier molecular flexibility index (Phi) is 4.10.